The van der Waals surface area contributed by atoms with Crippen molar-refractivity contribution < 1.29 is 19.1 Å². The molecular weight excluding hydrogens is 482 g/mol. The summed E-state index contributed by atoms with van der Waals surface area (Å²) >= 11 is 0. The standard InChI is InChI=1S/C29H37N5O4/c1-38-24-8-3-7-22(19-24)27(35)31-25-20-23(29(37)33-13-4-11-30-12-14-33)9-10-26(25)32-15-17-34(18-16-32)28(36)21-5-2-6-21/h3,7-10,19-21,30H,2,4-6,11-18H2,1H3,(H,31,35). The number of nitrogens with one attached hydrogen (secondary N) is 2. The Bertz CT molecular complexity index is 1170. The molecule has 38 heavy (non-hydrogen) atoms. The van der Waals surface area contributed by atoms with E-state index in [-0.39, 0.29) is 23.6 Å². The first-order valence-electron chi connectivity index (χ1n) is 13.7. The average Bonchev–Trinajstić information content (AvgIpc) is 3.21. The third kappa shape index (κ3) is 5.78. The van der Waals surface area contributed by atoms with Gasteiger partial charge in [0.25, 0.3) is 11.8 Å². The zero-order valence-electron chi connectivity index (χ0n) is 22.1. The van der Waals surface area contributed by atoms with Crippen molar-refractivity contribution in [1.82, 2.24) is 15.1 Å². The van der Waals surface area contributed by atoms with E-state index in [4.69, 9.17) is 4.74 Å². The molecule has 1 aliphatic carbocycles. The van der Waals surface area contributed by atoms with Gasteiger partial charge in [-0.15, -0.1) is 0 Å². The molecule has 3 fully saturated rings. The number of amides is 3. The van der Waals surface area contributed by atoms with Gasteiger partial charge in [0.1, 0.15) is 5.75 Å². The lowest BCUT2D eigenvalue weighted by Crippen LogP contribution is -2.51. The number of carbonyl (C=O) groups excluding carboxylic acids is 3. The number of hydrogen-bond donors (Lipinski definition) is 2. The maximum Gasteiger partial charge on any atom is 0.255 e. The van der Waals surface area contributed by atoms with Crippen LogP contribution in [-0.2, 0) is 4.79 Å². The van der Waals surface area contributed by atoms with Crippen LogP contribution in [0.25, 0.3) is 0 Å². The third-order valence-electron chi connectivity index (χ3n) is 7.84. The van der Waals surface area contributed by atoms with Crippen molar-refractivity contribution in [3.8, 4) is 5.75 Å². The van der Waals surface area contributed by atoms with Gasteiger partial charge in [-0.1, -0.05) is 12.5 Å². The lowest BCUT2D eigenvalue weighted by molar-refractivity contribution is -0.138. The fraction of sp³-hybridized carbons (Fsp3) is 0.483. The zero-order valence-corrected chi connectivity index (χ0v) is 22.1. The molecule has 5 rings (SSSR count). The normalized spacial score (nSPS) is 18.4. The van der Waals surface area contributed by atoms with Crippen molar-refractivity contribution in [3.63, 3.8) is 0 Å². The van der Waals surface area contributed by atoms with Gasteiger partial charge in [-0.25, -0.2) is 0 Å². The van der Waals surface area contributed by atoms with Crippen LogP contribution in [0.3, 0.4) is 0 Å². The van der Waals surface area contributed by atoms with Crippen molar-refractivity contribution in [2.24, 2.45) is 5.92 Å². The summed E-state index contributed by atoms with van der Waals surface area (Å²) < 4.78 is 5.28. The summed E-state index contributed by atoms with van der Waals surface area (Å²) in [6.45, 7) is 5.68. The van der Waals surface area contributed by atoms with E-state index in [0.717, 1.165) is 44.5 Å². The minimum Gasteiger partial charge on any atom is -0.497 e. The SMILES string of the molecule is COc1cccc(C(=O)Nc2cc(C(=O)N3CCCNCC3)ccc2N2CCN(C(=O)C3CCC3)CC2)c1. The predicted octanol–water partition coefficient (Wildman–Crippen LogP) is 2.83. The van der Waals surface area contributed by atoms with Crippen molar-refractivity contribution in [3.05, 3.63) is 53.6 Å². The lowest BCUT2D eigenvalue weighted by Gasteiger charge is -2.39. The second-order valence-corrected chi connectivity index (χ2v) is 10.3. The molecule has 0 radical (unpaired) electrons. The zero-order chi connectivity index (χ0) is 26.5. The summed E-state index contributed by atoms with van der Waals surface area (Å²) in [6.07, 6.45) is 4.06. The molecule has 202 valence electrons. The van der Waals surface area contributed by atoms with Gasteiger partial charge in [0.2, 0.25) is 5.91 Å². The molecule has 0 unspecified atom stereocenters. The second kappa shape index (κ2) is 11.9. The van der Waals surface area contributed by atoms with Gasteiger partial charge in [-0.3, -0.25) is 14.4 Å². The number of ether oxygens (including phenoxy) is 1. The van der Waals surface area contributed by atoms with Crippen LogP contribution in [0.15, 0.2) is 42.5 Å². The van der Waals surface area contributed by atoms with Crippen molar-refractivity contribution >= 4 is 29.1 Å². The van der Waals surface area contributed by atoms with Crippen LogP contribution in [0.4, 0.5) is 11.4 Å². The first-order valence-corrected chi connectivity index (χ1v) is 13.7. The van der Waals surface area contributed by atoms with E-state index in [2.05, 4.69) is 15.5 Å². The number of hydrogen-bond acceptors (Lipinski definition) is 6. The minimum absolute atomic E-state index is 0.0342. The first-order chi connectivity index (χ1) is 18.5. The Morgan fingerprint density at radius 2 is 1.68 bits per heavy atom. The fourth-order valence-electron chi connectivity index (χ4n) is 5.32. The molecule has 3 aliphatic rings. The van der Waals surface area contributed by atoms with Gasteiger partial charge in [-0.05, 0) is 62.2 Å². The highest BCUT2D eigenvalue weighted by atomic mass is 16.5. The summed E-state index contributed by atoms with van der Waals surface area (Å²) in [5.74, 6) is 0.762. The summed E-state index contributed by atoms with van der Waals surface area (Å²) in [5, 5.41) is 6.39. The molecule has 0 spiro atoms. The maximum absolute atomic E-state index is 13.4. The molecule has 2 aromatic rings. The number of rotatable bonds is 6. The van der Waals surface area contributed by atoms with Crippen LogP contribution in [0.5, 0.6) is 5.75 Å². The van der Waals surface area contributed by atoms with E-state index in [1.807, 2.05) is 21.9 Å². The van der Waals surface area contributed by atoms with Crippen LogP contribution < -0.4 is 20.3 Å². The quantitative estimate of drug-likeness (QED) is 0.610. The number of anilines is 2. The van der Waals surface area contributed by atoms with Gasteiger partial charge in [0.05, 0.1) is 18.5 Å². The first kappa shape index (κ1) is 26.0. The molecule has 0 atom stereocenters. The van der Waals surface area contributed by atoms with Crippen LogP contribution in [0.2, 0.25) is 0 Å². The van der Waals surface area contributed by atoms with E-state index in [9.17, 15) is 14.4 Å². The van der Waals surface area contributed by atoms with Crippen LogP contribution in [-0.4, -0.2) is 87.0 Å². The Labute approximate surface area is 224 Å². The molecule has 3 amide bonds. The van der Waals surface area contributed by atoms with E-state index < -0.39 is 0 Å². The van der Waals surface area contributed by atoms with E-state index in [1.165, 1.54) is 0 Å². The highest BCUT2D eigenvalue weighted by Crippen LogP contribution is 2.32. The van der Waals surface area contributed by atoms with Crippen molar-refractivity contribution in [2.75, 3.05) is 69.7 Å². The smallest absolute Gasteiger partial charge is 0.255 e. The Balaban J connectivity index is 1.37. The van der Waals surface area contributed by atoms with Gasteiger partial charge >= 0.3 is 0 Å². The summed E-state index contributed by atoms with van der Waals surface area (Å²) in [7, 11) is 1.57. The molecule has 9 nitrogen and oxygen atoms in total. The molecule has 1 saturated carbocycles. The van der Waals surface area contributed by atoms with Gasteiger partial charge in [-0.2, -0.15) is 0 Å². The number of benzene rings is 2. The number of nitrogens with zero attached hydrogens (tertiary/aromatic N) is 3. The molecule has 2 aromatic carbocycles. The highest BCUT2D eigenvalue weighted by molar-refractivity contribution is 6.07. The third-order valence-corrected chi connectivity index (χ3v) is 7.84. The van der Waals surface area contributed by atoms with Crippen molar-refractivity contribution in [2.45, 2.75) is 25.7 Å². The minimum atomic E-state index is -0.271. The van der Waals surface area contributed by atoms with Crippen LogP contribution in [0.1, 0.15) is 46.4 Å². The van der Waals surface area contributed by atoms with Crippen molar-refractivity contribution in [1.29, 1.82) is 0 Å². The van der Waals surface area contributed by atoms with Crippen LogP contribution in [0, 0.1) is 5.92 Å². The maximum atomic E-state index is 13.4. The summed E-state index contributed by atoms with van der Waals surface area (Å²) in [5.41, 5.74) is 2.47. The Morgan fingerprint density at radius 1 is 0.868 bits per heavy atom. The topological polar surface area (TPSA) is 94.2 Å². The molecule has 9 heteroatoms. The molecule has 2 heterocycles. The summed E-state index contributed by atoms with van der Waals surface area (Å²) in [4.78, 5) is 45.4. The van der Waals surface area contributed by atoms with Gasteiger partial charge < -0.3 is 30.1 Å². The van der Waals surface area contributed by atoms with E-state index >= 15 is 0 Å². The number of methoxy groups -OCH3 is 1. The lowest BCUT2D eigenvalue weighted by atomic mass is 9.84. The predicted molar refractivity (Wildman–Crippen MR) is 147 cm³/mol. The molecular formula is C29H37N5O4. The monoisotopic (exact) mass is 519 g/mol. The fourth-order valence-corrected chi connectivity index (χ4v) is 5.32. The van der Waals surface area contributed by atoms with E-state index in [1.54, 1.807) is 37.4 Å². The highest BCUT2D eigenvalue weighted by Gasteiger charge is 2.32. The molecule has 2 aliphatic heterocycles. The molecule has 0 bridgehead atoms. The summed E-state index contributed by atoms with van der Waals surface area (Å²) in [6, 6.07) is 12.6. The van der Waals surface area contributed by atoms with Crippen LogP contribution >= 0.6 is 0 Å². The molecule has 2 saturated heterocycles. The molecule has 0 aromatic heterocycles. The van der Waals surface area contributed by atoms with Gasteiger partial charge in [0, 0.05) is 62.9 Å². The number of piperazine rings is 1. The second-order valence-electron chi connectivity index (χ2n) is 10.3. The van der Waals surface area contributed by atoms with E-state index in [0.29, 0.717) is 61.8 Å². The Kier molecular flexibility index (Phi) is 8.12. The molecule has 2 N–H and O–H groups in total. The van der Waals surface area contributed by atoms with Gasteiger partial charge in [0.15, 0.2) is 0 Å². The Morgan fingerprint density at radius 3 is 2.42 bits per heavy atom. The number of carbonyl (C=O) groups is 3. The largest absolute Gasteiger partial charge is 0.497 e. The Hall–Kier alpha value is -3.59. The average molecular weight is 520 g/mol.